The molecule has 2 fully saturated rings. The number of hydrogen-bond donors (Lipinski definition) is 4. The number of anilines is 1. The highest BCUT2D eigenvalue weighted by Gasteiger charge is 2.44. The second-order valence-electron chi connectivity index (χ2n) is 6.10. The summed E-state index contributed by atoms with van der Waals surface area (Å²) in [7, 11) is 0. The molecule has 11 heteroatoms. The number of nitrogens with zero attached hydrogens (tertiary/aromatic N) is 4. The fraction of sp³-hybridized carbons (Fsp3) is 0.643. The molecule has 2 saturated heterocycles. The Labute approximate surface area is 147 Å². The molecule has 0 amide bonds. The maximum absolute atomic E-state index is 10.2. The molecule has 0 aromatic carbocycles. The molecule has 2 aromatic rings. The number of nitrogens with one attached hydrogen (secondary N) is 1. The molecule has 4 N–H and O–H groups in total. The van der Waals surface area contributed by atoms with Gasteiger partial charge in [0, 0.05) is 6.61 Å². The zero-order chi connectivity index (χ0) is 17.6. The van der Waals surface area contributed by atoms with E-state index >= 15 is 0 Å². The second kappa shape index (κ2) is 6.63. The highest BCUT2D eigenvalue weighted by Crippen LogP contribution is 2.33. The Morgan fingerprint density at radius 3 is 2.84 bits per heavy atom. The van der Waals surface area contributed by atoms with E-state index in [1.807, 2.05) is 0 Å². The van der Waals surface area contributed by atoms with Crippen LogP contribution in [0.15, 0.2) is 6.33 Å². The van der Waals surface area contributed by atoms with Gasteiger partial charge in [0.25, 0.3) is 0 Å². The van der Waals surface area contributed by atoms with Crippen molar-refractivity contribution in [1.82, 2.24) is 19.5 Å². The van der Waals surface area contributed by atoms with Gasteiger partial charge in [0.1, 0.15) is 18.3 Å². The molecule has 2 aromatic heterocycles. The molecule has 136 valence electrons. The number of fused-ring (bicyclic) bond motifs is 1. The highest BCUT2D eigenvalue weighted by atomic mass is 35.5. The molecule has 5 atom stereocenters. The van der Waals surface area contributed by atoms with Gasteiger partial charge < -0.3 is 30.1 Å². The van der Waals surface area contributed by atoms with Crippen LogP contribution in [0.2, 0.25) is 5.28 Å². The van der Waals surface area contributed by atoms with Gasteiger partial charge in [-0.15, -0.1) is 0 Å². The van der Waals surface area contributed by atoms with E-state index < -0.39 is 31.1 Å². The lowest BCUT2D eigenvalue weighted by atomic mass is 10.1. The molecule has 10 nitrogen and oxygen atoms in total. The van der Waals surface area contributed by atoms with Crippen molar-refractivity contribution in [3.63, 3.8) is 0 Å². The van der Waals surface area contributed by atoms with Gasteiger partial charge in [-0.1, -0.05) is 0 Å². The third-order valence-corrected chi connectivity index (χ3v) is 4.63. The average molecular weight is 372 g/mol. The average Bonchev–Trinajstić information content (AvgIpc) is 3.29. The van der Waals surface area contributed by atoms with E-state index in [1.54, 1.807) is 0 Å². The molecule has 4 rings (SSSR count). The molecule has 0 spiro atoms. The monoisotopic (exact) mass is 371 g/mol. The van der Waals surface area contributed by atoms with Gasteiger partial charge in [0.05, 0.1) is 25.6 Å². The van der Waals surface area contributed by atoms with Crippen LogP contribution in [0.1, 0.15) is 12.6 Å². The molecule has 1 unspecified atom stereocenters. The number of hydrogen-bond acceptors (Lipinski definition) is 9. The number of halogens is 1. The quantitative estimate of drug-likeness (QED) is 0.514. The summed E-state index contributed by atoms with van der Waals surface area (Å²) in [5.74, 6) is 0.469. The van der Waals surface area contributed by atoms with E-state index in [2.05, 4.69) is 20.3 Å². The van der Waals surface area contributed by atoms with Crippen molar-refractivity contribution in [1.29, 1.82) is 0 Å². The Kier molecular flexibility index (Phi) is 4.48. The summed E-state index contributed by atoms with van der Waals surface area (Å²) in [6, 6.07) is 0.105. The van der Waals surface area contributed by atoms with E-state index in [9.17, 15) is 15.3 Å². The standard InChI is InChI=1S/C14H18ClN5O5/c15-14-18-11(17-6-1-2-24-4-6)8-12(19-14)20(5-16-8)13-10(23)9(22)7(3-21)25-13/h5-7,9-10,13,21-23H,1-4H2,(H,17,18,19)/t6?,7-,9+,10+,13-/m1/s1. The van der Waals surface area contributed by atoms with Crippen molar-refractivity contribution in [3.05, 3.63) is 11.6 Å². The summed E-state index contributed by atoms with van der Waals surface area (Å²) in [5, 5.41) is 32.7. The van der Waals surface area contributed by atoms with E-state index in [0.29, 0.717) is 30.2 Å². The van der Waals surface area contributed by atoms with Crippen LogP contribution in [0.3, 0.4) is 0 Å². The predicted molar refractivity (Wildman–Crippen MR) is 86.2 cm³/mol. The normalized spacial score (nSPS) is 32.6. The first-order chi connectivity index (χ1) is 12.1. The first-order valence-corrected chi connectivity index (χ1v) is 8.33. The smallest absolute Gasteiger partial charge is 0.226 e. The number of imidazole rings is 1. The van der Waals surface area contributed by atoms with Gasteiger partial charge in [0.2, 0.25) is 5.28 Å². The van der Waals surface area contributed by atoms with E-state index in [4.69, 9.17) is 21.1 Å². The summed E-state index contributed by atoms with van der Waals surface area (Å²) >= 11 is 6.04. The van der Waals surface area contributed by atoms with Crippen molar-refractivity contribution in [2.75, 3.05) is 25.1 Å². The Morgan fingerprint density at radius 1 is 1.32 bits per heavy atom. The van der Waals surface area contributed by atoms with Crippen LogP contribution < -0.4 is 5.32 Å². The van der Waals surface area contributed by atoms with Crippen LogP contribution in [-0.2, 0) is 9.47 Å². The summed E-state index contributed by atoms with van der Waals surface area (Å²) in [5.41, 5.74) is 0.824. The third kappa shape index (κ3) is 2.94. The first-order valence-electron chi connectivity index (χ1n) is 7.95. The summed E-state index contributed by atoms with van der Waals surface area (Å²) in [6.07, 6.45) is -1.99. The minimum Gasteiger partial charge on any atom is -0.394 e. The molecular weight excluding hydrogens is 354 g/mol. The van der Waals surface area contributed by atoms with Crippen molar-refractivity contribution in [2.45, 2.75) is 37.0 Å². The van der Waals surface area contributed by atoms with Gasteiger partial charge in [-0.3, -0.25) is 4.57 Å². The minimum atomic E-state index is -1.23. The van der Waals surface area contributed by atoms with Crippen LogP contribution in [-0.4, -0.2) is 79.0 Å². The summed E-state index contributed by atoms with van der Waals surface area (Å²) < 4.78 is 12.3. The molecule has 25 heavy (non-hydrogen) atoms. The number of aromatic nitrogens is 4. The maximum Gasteiger partial charge on any atom is 0.226 e. The maximum atomic E-state index is 10.2. The number of aliphatic hydroxyl groups excluding tert-OH is 3. The second-order valence-corrected chi connectivity index (χ2v) is 6.44. The summed E-state index contributed by atoms with van der Waals surface area (Å²) in [6.45, 7) is 0.834. The molecular formula is C14H18ClN5O5. The van der Waals surface area contributed by atoms with Crippen molar-refractivity contribution in [3.8, 4) is 0 Å². The Balaban J connectivity index is 1.70. The van der Waals surface area contributed by atoms with Crippen molar-refractivity contribution in [2.24, 2.45) is 0 Å². The van der Waals surface area contributed by atoms with Gasteiger partial charge in [0.15, 0.2) is 23.2 Å². The molecule has 2 aliphatic rings. The number of aliphatic hydroxyl groups is 3. The van der Waals surface area contributed by atoms with E-state index in [-0.39, 0.29) is 11.3 Å². The summed E-state index contributed by atoms with van der Waals surface area (Å²) in [4.78, 5) is 12.7. The first kappa shape index (κ1) is 16.9. The van der Waals surface area contributed by atoms with Crippen molar-refractivity contribution < 1.29 is 24.8 Å². The predicted octanol–water partition coefficient (Wildman–Crippen LogP) is -0.708. The minimum absolute atomic E-state index is 0.0161. The van der Waals surface area contributed by atoms with Gasteiger partial charge in [-0.25, -0.2) is 4.98 Å². The molecule has 0 radical (unpaired) electrons. The van der Waals surface area contributed by atoms with Gasteiger partial charge in [-0.2, -0.15) is 9.97 Å². The number of ether oxygens (including phenoxy) is 2. The van der Waals surface area contributed by atoms with Crippen molar-refractivity contribution >= 4 is 28.6 Å². The molecule has 0 bridgehead atoms. The zero-order valence-corrected chi connectivity index (χ0v) is 13.9. The number of rotatable bonds is 4. The molecule has 4 heterocycles. The van der Waals surface area contributed by atoms with Crippen LogP contribution >= 0.6 is 11.6 Å². The SMILES string of the molecule is OC[C@H]1O[C@@H](n2cnc3c(NC4CCOC4)nc(Cl)nc32)[C@@H](O)[C@H]1O. The van der Waals surface area contributed by atoms with Gasteiger partial charge >= 0.3 is 0 Å². The molecule has 0 saturated carbocycles. The lowest BCUT2D eigenvalue weighted by Crippen LogP contribution is -2.33. The highest BCUT2D eigenvalue weighted by molar-refractivity contribution is 6.28. The largest absolute Gasteiger partial charge is 0.394 e. The van der Waals surface area contributed by atoms with Crippen LogP contribution in [0.25, 0.3) is 11.2 Å². The Bertz CT molecular complexity index is 767. The van der Waals surface area contributed by atoms with E-state index in [1.165, 1.54) is 10.9 Å². The fourth-order valence-electron chi connectivity index (χ4n) is 3.13. The molecule has 2 aliphatic heterocycles. The lowest BCUT2D eigenvalue weighted by molar-refractivity contribution is -0.0511. The zero-order valence-electron chi connectivity index (χ0n) is 13.1. The lowest BCUT2D eigenvalue weighted by Gasteiger charge is -2.17. The van der Waals surface area contributed by atoms with Crippen LogP contribution in [0, 0.1) is 0 Å². The topological polar surface area (TPSA) is 135 Å². The molecule has 0 aliphatic carbocycles. The van der Waals surface area contributed by atoms with Crippen LogP contribution in [0.5, 0.6) is 0 Å². The van der Waals surface area contributed by atoms with E-state index in [0.717, 1.165) is 6.42 Å². The fourth-order valence-corrected chi connectivity index (χ4v) is 3.29. The van der Waals surface area contributed by atoms with Crippen LogP contribution in [0.4, 0.5) is 5.82 Å². The third-order valence-electron chi connectivity index (χ3n) is 4.46. The van der Waals surface area contributed by atoms with Gasteiger partial charge in [-0.05, 0) is 18.0 Å². The Hall–Kier alpha value is -1.56. The Morgan fingerprint density at radius 2 is 2.16 bits per heavy atom.